The third-order valence-electron chi connectivity index (χ3n) is 2.68. The van der Waals surface area contributed by atoms with Gasteiger partial charge in [-0.15, -0.1) is 5.10 Å². The Morgan fingerprint density at radius 3 is 2.69 bits per heavy atom. The lowest BCUT2D eigenvalue weighted by Crippen LogP contribution is -2.29. The molecule has 13 heavy (non-hydrogen) atoms. The van der Waals surface area contributed by atoms with Gasteiger partial charge in [0.15, 0.2) is 0 Å². The van der Waals surface area contributed by atoms with Crippen molar-refractivity contribution in [3.63, 3.8) is 0 Å². The minimum atomic E-state index is 0.389. The Bertz CT molecular complexity index is 276. The number of aromatic nitrogens is 3. The number of nitrogens with two attached hydrogens (primary N) is 1. The third-order valence-corrected chi connectivity index (χ3v) is 2.68. The molecule has 1 aromatic rings. The lowest BCUT2D eigenvalue weighted by atomic mass is 10.2. The van der Waals surface area contributed by atoms with Crippen LogP contribution in [0.1, 0.15) is 25.7 Å². The average molecular weight is 181 g/mol. The molecule has 1 fully saturated rings. The summed E-state index contributed by atoms with van der Waals surface area (Å²) in [5.41, 5.74) is 5.46. The van der Waals surface area contributed by atoms with Crippen LogP contribution in [0, 0.1) is 0 Å². The van der Waals surface area contributed by atoms with Gasteiger partial charge in [-0.25, -0.2) is 5.10 Å². The molecule has 0 amide bonds. The fraction of sp³-hybridized carbons (Fsp3) is 0.750. The van der Waals surface area contributed by atoms with Crippen LogP contribution >= 0.6 is 0 Å². The van der Waals surface area contributed by atoms with E-state index in [2.05, 4.69) is 20.1 Å². The van der Waals surface area contributed by atoms with Gasteiger partial charge in [0.2, 0.25) is 11.9 Å². The fourth-order valence-electron chi connectivity index (χ4n) is 1.88. The van der Waals surface area contributed by atoms with Gasteiger partial charge in [-0.1, -0.05) is 12.8 Å². The average Bonchev–Trinajstić information content (AvgIpc) is 2.72. The number of hydrogen-bond acceptors (Lipinski definition) is 4. The summed E-state index contributed by atoms with van der Waals surface area (Å²) >= 11 is 0. The second kappa shape index (κ2) is 3.24. The third kappa shape index (κ3) is 1.59. The molecule has 0 radical (unpaired) electrons. The molecule has 0 aliphatic heterocycles. The largest absolute Gasteiger partial charge is 0.368 e. The van der Waals surface area contributed by atoms with E-state index in [4.69, 9.17) is 5.73 Å². The van der Waals surface area contributed by atoms with Crippen LogP contribution in [-0.2, 0) is 0 Å². The molecule has 3 N–H and O–H groups in total. The number of nitrogen functional groups attached to an aromatic ring is 1. The standard InChI is InChI=1S/C8H15N5/c1-13(6-4-2-3-5-6)8-10-7(9)11-12-8/h6H,2-5H2,1H3,(H3,9,10,11,12). The second-order valence-electron chi connectivity index (χ2n) is 3.57. The maximum Gasteiger partial charge on any atom is 0.246 e. The minimum Gasteiger partial charge on any atom is -0.368 e. The first-order valence-corrected chi connectivity index (χ1v) is 4.68. The molecule has 72 valence electrons. The van der Waals surface area contributed by atoms with Gasteiger partial charge in [0.1, 0.15) is 0 Å². The van der Waals surface area contributed by atoms with E-state index in [1.165, 1.54) is 25.7 Å². The van der Waals surface area contributed by atoms with E-state index in [1.807, 2.05) is 7.05 Å². The number of anilines is 2. The zero-order valence-electron chi connectivity index (χ0n) is 7.82. The fourth-order valence-corrected chi connectivity index (χ4v) is 1.88. The number of rotatable bonds is 2. The molecule has 1 aliphatic rings. The van der Waals surface area contributed by atoms with Crippen molar-refractivity contribution < 1.29 is 0 Å². The Hall–Kier alpha value is -1.26. The molecule has 1 saturated carbocycles. The van der Waals surface area contributed by atoms with Crippen molar-refractivity contribution in [2.24, 2.45) is 0 Å². The number of hydrogen-bond donors (Lipinski definition) is 2. The summed E-state index contributed by atoms with van der Waals surface area (Å²) in [5, 5.41) is 6.67. The molecule has 0 bridgehead atoms. The Morgan fingerprint density at radius 2 is 2.15 bits per heavy atom. The number of nitrogens with one attached hydrogen (secondary N) is 1. The first-order valence-electron chi connectivity index (χ1n) is 4.68. The van der Waals surface area contributed by atoms with Crippen molar-refractivity contribution in [3.8, 4) is 0 Å². The van der Waals surface area contributed by atoms with Gasteiger partial charge in [0.05, 0.1) is 0 Å². The summed E-state index contributed by atoms with van der Waals surface area (Å²) in [4.78, 5) is 6.20. The van der Waals surface area contributed by atoms with Gasteiger partial charge in [-0.05, 0) is 12.8 Å². The van der Waals surface area contributed by atoms with E-state index in [0.717, 1.165) is 0 Å². The van der Waals surface area contributed by atoms with Crippen LogP contribution in [0.15, 0.2) is 0 Å². The van der Waals surface area contributed by atoms with Crippen molar-refractivity contribution in [3.05, 3.63) is 0 Å². The van der Waals surface area contributed by atoms with Crippen molar-refractivity contribution in [1.29, 1.82) is 0 Å². The van der Waals surface area contributed by atoms with Gasteiger partial charge in [0, 0.05) is 13.1 Å². The molecular formula is C8H15N5. The topological polar surface area (TPSA) is 70.8 Å². The molecule has 1 aromatic heterocycles. The molecule has 5 nitrogen and oxygen atoms in total. The van der Waals surface area contributed by atoms with E-state index in [9.17, 15) is 0 Å². The highest BCUT2D eigenvalue weighted by Gasteiger charge is 2.21. The highest BCUT2D eigenvalue weighted by molar-refractivity contribution is 5.34. The molecule has 0 aromatic carbocycles. The Kier molecular flexibility index (Phi) is 2.08. The zero-order chi connectivity index (χ0) is 9.26. The maximum absolute atomic E-state index is 5.46. The number of aromatic amines is 1. The van der Waals surface area contributed by atoms with Gasteiger partial charge in [-0.3, -0.25) is 0 Å². The summed E-state index contributed by atoms with van der Waals surface area (Å²) in [5.74, 6) is 1.10. The highest BCUT2D eigenvalue weighted by atomic mass is 15.4. The first-order chi connectivity index (χ1) is 6.27. The summed E-state index contributed by atoms with van der Waals surface area (Å²) in [6.45, 7) is 0. The highest BCUT2D eigenvalue weighted by Crippen LogP contribution is 2.24. The number of H-pyrrole nitrogens is 1. The van der Waals surface area contributed by atoms with Gasteiger partial charge in [-0.2, -0.15) is 4.98 Å². The van der Waals surface area contributed by atoms with Crippen LogP contribution < -0.4 is 10.6 Å². The SMILES string of the molecule is CN(c1n[nH]c(N)n1)C1CCCC1. The van der Waals surface area contributed by atoms with Crippen LogP contribution in [0.5, 0.6) is 0 Å². The molecule has 1 heterocycles. The molecule has 0 saturated heterocycles. The van der Waals surface area contributed by atoms with E-state index >= 15 is 0 Å². The summed E-state index contributed by atoms with van der Waals surface area (Å²) in [6, 6.07) is 0.593. The lowest BCUT2D eigenvalue weighted by molar-refractivity contribution is 0.639. The first kappa shape index (κ1) is 8.34. The predicted molar refractivity (Wildman–Crippen MR) is 51.5 cm³/mol. The maximum atomic E-state index is 5.46. The minimum absolute atomic E-state index is 0.389. The molecule has 5 heteroatoms. The van der Waals surface area contributed by atoms with Crippen LogP contribution in [0.4, 0.5) is 11.9 Å². The Balaban J connectivity index is 2.07. The quantitative estimate of drug-likeness (QED) is 0.706. The van der Waals surface area contributed by atoms with Crippen molar-refractivity contribution >= 4 is 11.9 Å². The van der Waals surface area contributed by atoms with Gasteiger partial charge >= 0.3 is 0 Å². The predicted octanol–water partition coefficient (Wildman–Crippen LogP) is 0.766. The van der Waals surface area contributed by atoms with Gasteiger partial charge in [0.25, 0.3) is 0 Å². The van der Waals surface area contributed by atoms with Crippen LogP contribution in [0.2, 0.25) is 0 Å². The van der Waals surface area contributed by atoms with Crippen molar-refractivity contribution in [2.75, 3.05) is 17.7 Å². The summed E-state index contributed by atoms with van der Waals surface area (Å²) < 4.78 is 0. The molecule has 0 spiro atoms. The van der Waals surface area contributed by atoms with E-state index in [-0.39, 0.29) is 0 Å². The molecule has 1 aliphatic carbocycles. The van der Waals surface area contributed by atoms with E-state index in [1.54, 1.807) is 0 Å². The lowest BCUT2D eigenvalue weighted by Gasteiger charge is -2.22. The van der Waals surface area contributed by atoms with E-state index in [0.29, 0.717) is 17.9 Å². The van der Waals surface area contributed by atoms with E-state index < -0.39 is 0 Å². The summed E-state index contributed by atoms with van der Waals surface area (Å²) in [6.07, 6.45) is 5.11. The van der Waals surface area contributed by atoms with Gasteiger partial charge < -0.3 is 10.6 Å². The smallest absolute Gasteiger partial charge is 0.246 e. The number of nitrogens with zero attached hydrogens (tertiary/aromatic N) is 3. The van der Waals surface area contributed by atoms with Crippen LogP contribution in [0.25, 0.3) is 0 Å². The second-order valence-corrected chi connectivity index (χ2v) is 3.57. The molecule has 2 rings (SSSR count). The van der Waals surface area contributed by atoms with Crippen molar-refractivity contribution in [1.82, 2.24) is 15.2 Å². The van der Waals surface area contributed by atoms with Crippen LogP contribution in [0.3, 0.4) is 0 Å². The van der Waals surface area contributed by atoms with Crippen LogP contribution in [-0.4, -0.2) is 28.3 Å². The Labute approximate surface area is 77.3 Å². The molecular weight excluding hydrogens is 166 g/mol. The molecule has 0 unspecified atom stereocenters. The molecule has 0 atom stereocenters. The normalized spacial score (nSPS) is 17.9. The zero-order valence-corrected chi connectivity index (χ0v) is 7.82. The van der Waals surface area contributed by atoms with Crippen molar-refractivity contribution in [2.45, 2.75) is 31.7 Å². The Morgan fingerprint density at radius 1 is 1.46 bits per heavy atom. The summed E-state index contributed by atoms with van der Waals surface area (Å²) in [7, 11) is 2.03. The monoisotopic (exact) mass is 181 g/mol.